The molecular weight excluding hydrogens is 272 g/mol. The van der Waals surface area contributed by atoms with E-state index < -0.39 is 0 Å². The lowest BCUT2D eigenvalue weighted by molar-refractivity contribution is -0.384. The molecule has 0 aliphatic rings. The summed E-state index contributed by atoms with van der Waals surface area (Å²) >= 11 is 1.68. The van der Waals surface area contributed by atoms with Gasteiger partial charge in [-0.25, -0.2) is 0 Å². The van der Waals surface area contributed by atoms with E-state index in [1.165, 1.54) is 16.5 Å². The first-order valence-electron chi connectivity index (χ1n) is 6.24. The maximum atomic E-state index is 10.9. The van der Waals surface area contributed by atoms with Crippen LogP contribution in [-0.4, -0.2) is 12.0 Å². The Morgan fingerprint density at radius 3 is 2.70 bits per heavy atom. The van der Waals surface area contributed by atoms with Crippen molar-refractivity contribution in [2.75, 3.05) is 12.4 Å². The number of non-ortho nitro benzene ring substituents is 1. The second-order valence-electron chi connectivity index (χ2n) is 4.45. The van der Waals surface area contributed by atoms with Gasteiger partial charge in [0, 0.05) is 35.5 Å². The van der Waals surface area contributed by atoms with Crippen LogP contribution in [0.5, 0.6) is 0 Å². The molecule has 0 aliphatic carbocycles. The van der Waals surface area contributed by atoms with E-state index in [1.807, 2.05) is 19.2 Å². The highest BCUT2D eigenvalue weighted by Crippen LogP contribution is 2.29. The van der Waals surface area contributed by atoms with Gasteiger partial charge in [-0.3, -0.25) is 10.1 Å². The number of rotatable bonds is 5. The molecule has 0 saturated heterocycles. The van der Waals surface area contributed by atoms with Gasteiger partial charge in [0.15, 0.2) is 0 Å². The Morgan fingerprint density at radius 2 is 2.05 bits per heavy atom. The van der Waals surface area contributed by atoms with Gasteiger partial charge in [0.1, 0.15) is 0 Å². The predicted molar refractivity (Wildman–Crippen MR) is 83.4 cm³/mol. The number of hydrogen-bond acceptors (Lipinski definition) is 4. The Hall–Kier alpha value is -2.01. The predicted octanol–water partition coefficient (Wildman–Crippen LogP) is 4.24. The average molecular weight is 288 g/mol. The van der Waals surface area contributed by atoms with Crippen molar-refractivity contribution < 1.29 is 4.92 Å². The molecule has 0 bridgehead atoms. The Labute approximate surface area is 122 Å². The van der Waals surface area contributed by atoms with E-state index in [0.29, 0.717) is 5.75 Å². The third kappa shape index (κ3) is 3.51. The molecule has 2 aromatic carbocycles. The molecular formula is C15H16N2O2S. The molecule has 104 valence electrons. The Balaban J connectivity index is 2.19. The van der Waals surface area contributed by atoms with Gasteiger partial charge in [0.25, 0.3) is 5.69 Å². The van der Waals surface area contributed by atoms with Gasteiger partial charge in [-0.1, -0.05) is 17.7 Å². The molecule has 0 radical (unpaired) electrons. The van der Waals surface area contributed by atoms with Crippen LogP contribution in [0.25, 0.3) is 0 Å². The fourth-order valence-corrected chi connectivity index (χ4v) is 2.93. The average Bonchev–Trinajstić information content (AvgIpc) is 2.44. The van der Waals surface area contributed by atoms with E-state index in [-0.39, 0.29) is 10.6 Å². The highest BCUT2D eigenvalue weighted by atomic mass is 32.2. The van der Waals surface area contributed by atoms with Gasteiger partial charge >= 0.3 is 0 Å². The Morgan fingerprint density at radius 1 is 1.25 bits per heavy atom. The van der Waals surface area contributed by atoms with Gasteiger partial charge in [-0.15, -0.1) is 11.8 Å². The standard InChI is InChI=1S/C15H16N2O2S/c1-11-4-3-5-14(8-11)20-10-12-9-13(17(18)19)6-7-15(12)16-2/h3-9,16H,10H2,1-2H3. The maximum Gasteiger partial charge on any atom is 0.269 e. The molecule has 0 atom stereocenters. The minimum Gasteiger partial charge on any atom is -0.388 e. The van der Waals surface area contributed by atoms with Crippen LogP contribution in [0.2, 0.25) is 0 Å². The molecule has 0 aliphatic heterocycles. The number of nitro groups is 1. The molecule has 0 heterocycles. The molecule has 0 aromatic heterocycles. The fourth-order valence-electron chi connectivity index (χ4n) is 1.92. The number of nitrogens with zero attached hydrogens (tertiary/aromatic N) is 1. The molecule has 0 saturated carbocycles. The SMILES string of the molecule is CNc1ccc([N+](=O)[O-])cc1CSc1cccc(C)c1. The van der Waals surface area contributed by atoms with E-state index in [2.05, 4.69) is 24.4 Å². The summed E-state index contributed by atoms with van der Waals surface area (Å²) in [6, 6.07) is 13.1. The van der Waals surface area contributed by atoms with Crippen molar-refractivity contribution in [2.24, 2.45) is 0 Å². The van der Waals surface area contributed by atoms with Gasteiger partial charge in [0.05, 0.1) is 4.92 Å². The number of thioether (sulfide) groups is 1. The van der Waals surface area contributed by atoms with Gasteiger partial charge in [0.2, 0.25) is 0 Å². The second kappa shape index (κ2) is 6.43. The van der Waals surface area contributed by atoms with Crippen molar-refractivity contribution in [3.05, 3.63) is 63.7 Å². The largest absolute Gasteiger partial charge is 0.388 e. The molecule has 4 nitrogen and oxygen atoms in total. The van der Waals surface area contributed by atoms with Crippen molar-refractivity contribution in [2.45, 2.75) is 17.6 Å². The molecule has 0 fully saturated rings. The smallest absolute Gasteiger partial charge is 0.269 e. The number of anilines is 1. The molecule has 0 spiro atoms. The molecule has 20 heavy (non-hydrogen) atoms. The minimum absolute atomic E-state index is 0.129. The van der Waals surface area contributed by atoms with Gasteiger partial charge in [-0.05, 0) is 30.7 Å². The van der Waals surface area contributed by atoms with Crippen molar-refractivity contribution in [1.29, 1.82) is 0 Å². The normalized spacial score (nSPS) is 10.3. The summed E-state index contributed by atoms with van der Waals surface area (Å²) < 4.78 is 0. The van der Waals surface area contributed by atoms with Crippen molar-refractivity contribution >= 4 is 23.1 Å². The summed E-state index contributed by atoms with van der Waals surface area (Å²) in [5.41, 5.74) is 3.20. The molecule has 1 N–H and O–H groups in total. The number of benzene rings is 2. The number of aryl methyl sites for hydroxylation is 1. The van der Waals surface area contributed by atoms with Crippen LogP contribution in [0.3, 0.4) is 0 Å². The summed E-state index contributed by atoms with van der Waals surface area (Å²) in [6.07, 6.45) is 0. The van der Waals surface area contributed by atoms with Crippen LogP contribution in [0.4, 0.5) is 11.4 Å². The highest BCUT2D eigenvalue weighted by molar-refractivity contribution is 7.98. The monoisotopic (exact) mass is 288 g/mol. The van der Waals surface area contributed by atoms with E-state index in [9.17, 15) is 10.1 Å². The lowest BCUT2D eigenvalue weighted by atomic mass is 10.2. The number of hydrogen-bond donors (Lipinski definition) is 1. The third-order valence-corrected chi connectivity index (χ3v) is 4.00. The minimum atomic E-state index is -0.361. The zero-order valence-electron chi connectivity index (χ0n) is 11.4. The van der Waals surface area contributed by atoms with Crippen LogP contribution in [-0.2, 0) is 5.75 Å². The first-order valence-corrected chi connectivity index (χ1v) is 7.23. The van der Waals surface area contributed by atoms with Gasteiger partial charge in [-0.2, -0.15) is 0 Å². The van der Waals surface area contributed by atoms with Crippen LogP contribution in [0, 0.1) is 17.0 Å². The number of nitrogens with one attached hydrogen (secondary N) is 1. The Bertz CT molecular complexity index is 629. The zero-order valence-corrected chi connectivity index (χ0v) is 12.2. The van der Waals surface area contributed by atoms with Crippen molar-refractivity contribution in [3.8, 4) is 0 Å². The van der Waals surface area contributed by atoms with E-state index in [1.54, 1.807) is 23.9 Å². The van der Waals surface area contributed by atoms with Crippen molar-refractivity contribution in [3.63, 3.8) is 0 Å². The second-order valence-corrected chi connectivity index (χ2v) is 5.50. The molecule has 0 amide bonds. The highest BCUT2D eigenvalue weighted by Gasteiger charge is 2.10. The summed E-state index contributed by atoms with van der Waals surface area (Å²) in [6.45, 7) is 2.05. The van der Waals surface area contributed by atoms with Gasteiger partial charge < -0.3 is 5.32 Å². The molecule has 5 heteroatoms. The fraction of sp³-hybridized carbons (Fsp3) is 0.200. The molecule has 2 rings (SSSR count). The van der Waals surface area contributed by atoms with Crippen molar-refractivity contribution in [1.82, 2.24) is 0 Å². The quantitative estimate of drug-likeness (QED) is 0.508. The van der Waals surface area contributed by atoms with Crippen LogP contribution >= 0.6 is 11.8 Å². The summed E-state index contributed by atoms with van der Waals surface area (Å²) in [7, 11) is 1.82. The van der Waals surface area contributed by atoms with Crippen LogP contribution in [0.15, 0.2) is 47.4 Å². The lowest BCUT2D eigenvalue weighted by Gasteiger charge is -2.09. The van der Waals surface area contributed by atoms with E-state index >= 15 is 0 Å². The van der Waals surface area contributed by atoms with E-state index in [0.717, 1.165) is 11.3 Å². The zero-order chi connectivity index (χ0) is 14.5. The molecule has 0 unspecified atom stereocenters. The third-order valence-electron chi connectivity index (χ3n) is 2.95. The van der Waals surface area contributed by atoms with Crippen LogP contribution in [0.1, 0.15) is 11.1 Å². The number of nitro benzene ring substituents is 1. The summed E-state index contributed by atoms with van der Waals surface area (Å²) in [4.78, 5) is 11.7. The Kier molecular flexibility index (Phi) is 4.63. The topological polar surface area (TPSA) is 55.2 Å². The van der Waals surface area contributed by atoms with E-state index in [4.69, 9.17) is 0 Å². The summed E-state index contributed by atoms with van der Waals surface area (Å²) in [5, 5.41) is 13.9. The lowest BCUT2D eigenvalue weighted by Crippen LogP contribution is -1.96. The maximum absolute atomic E-state index is 10.9. The summed E-state index contributed by atoms with van der Waals surface area (Å²) in [5.74, 6) is 0.696. The first kappa shape index (κ1) is 14.4. The van der Waals surface area contributed by atoms with Crippen LogP contribution < -0.4 is 5.32 Å². The molecule has 2 aromatic rings. The first-order chi connectivity index (χ1) is 9.60.